The first-order valence-corrected chi connectivity index (χ1v) is 5.88. The first-order chi connectivity index (χ1) is 8.56. The van der Waals surface area contributed by atoms with Crippen LogP contribution in [0, 0.1) is 0 Å². The number of hydrogen-bond acceptors (Lipinski definition) is 3. The molecule has 0 saturated heterocycles. The Morgan fingerprint density at radius 1 is 1.33 bits per heavy atom. The van der Waals surface area contributed by atoms with E-state index in [1.807, 2.05) is 25.1 Å². The Bertz CT molecular complexity index is 406. The van der Waals surface area contributed by atoms with E-state index in [0.29, 0.717) is 6.54 Å². The molecule has 1 aromatic rings. The van der Waals surface area contributed by atoms with Gasteiger partial charge in [0.2, 0.25) is 11.8 Å². The van der Waals surface area contributed by atoms with Crippen molar-refractivity contribution in [3.8, 4) is 0 Å². The van der Waals surface area contributed by atoms with Crippen LogP contribution in [0.4, 0.5) is 0 Å². The van der Waals surface area contributed by atoms with E-state index >= 15 is 0 Å². The van der Waals surface area contributed by atoms with Crippen LogP contribution in [0.2, 0.25) is 0 Å². The van der Waals surface area contributed by atoms with E-state index in [-0.39, 0.29) is 18.4 Å². The minimum Gasteiger partial charge on any atom is -0.345 e. The number of nitrogens with zero attached hydrogens (tertiary/aromatic N) is 1. The Hall–Kier alpha value is -1.88. The van der Waals surface area contributed by atoms with Gasteiger partial charge in [0.25, 0.3) is 0 Å². The predicted molar refractivity (Wildman–Crippen MR) is 69.7 cm³/mol. The summed E-state index contributed by atoms with van der Waals surface area (Å²) in [6, 6.07) is 8.31. The minimum absolute atomic E-state index is 0.0241. The molecule has 0 unspecified atom stereocenters. The predicted octanol–water partition coefficient (Wildman–Crippen LogP) is 0.281. The average molecular weight is 249 g/mol. The van der Waals surface area contributed by atoms with E-state index in [0.717, 1.165) is 5.56 Å². The zero-order valence-corrected chi connectivity index (χ0v) is 10.7. The fourth-order valence-electron chi connectivity index (χ4n) is 1.40. The summed E-state index contributed by atoms with van der Waals surface area (Å²) in [6.07, 6.45) is 0. The molecule has 0 radical (unpaired) electrons. The molecule has 0 saturated carbocycles. The highest BCUT2D eigenvalue weighted by atomic mass is 16.2. The fourth-order valence-corrected chi connectivity index (χ4v) is 1.40. The molecule has 1 rings (SSSR count). The van der Waals surface area contributed by atoms with Gasteiger partial charge in [-0.1, -0.05) is 30.3 Å². The summed E-state index contributed by atoms with van der Waals surface area (Å²) in [5, 5.41) is 2.54. The molecule has 0 fully saturated rings. The van der Waals surface area contributed by atoms with E-state index in [1.54, 1.807) is 19.2 Å². The van der Waals surface area contributed by atoms with E-state index < -0.39 is 6.04 Å². The first-order valence-electron chi connectivity index (χ1n) is 5.88. The Kier molecular flexibility index (Phi) is 5.32. The van der Waals surface area contributed by atoms with Crippen LogP contribution < -0.4 is 11.1 Å². The van der Waals surface area contributed by atoms with Gasteiger partial charge < -0.3 is 16.0 Å². The highest BCUT2D eigenvalue weighted by Crippen LogP contribution is 2.08. The van der Waals surface area contributed by atoms with Crippen molar-refractivity contribution in [2.24, 2.45) is 5.73 Å². The Balaban J connectivity index is 2.49. The number of likely N-dealkylation sites (N-methyl/N-ethyl adjacent to an activating group) is 1. The molecule has 1 aromatic carbocycles. The van der Waals surface area contributed by atoms with Crippen LogP contribution in [0.5, 0.6) is 0 Å². The van der Waals surface area contributed by atoms with Crippen molar-refractivity contribution in [3.63, 3.8) is 0 Å². The van der Waals surface area contributed by atoms with E-state index in [2.05, 4.69) is 5.32 Å². The maximum atomic E-state index is 11.8. The molecule has 0 spiro atoms. The van der Waals surface area contributed by atoms with E-state index in [1.165, 1.54) is 4.90 Å². The number of amides is 2. The number of nitrogens with two attached hydrogens (primary N) is 1. The molecular formula is C13H19N3O2. The number of rotatable bonds is 5. The highest BCUT2D eigenvalue weighted by Gasteiger charge is 2.16. The van der Waals surface area contributed by atoms with Gasteiger partial charge in [-0.25, -0.2) is 0 Å². The Labute approximate surface area is 107 Å². The maximum absolute atomic E-state index is 11.8. The van der Waals surface area contributed by atoms with Gasteiger partial charge in [0.1, 0.15) is 6.04 Å². The number of benzene rings is 1. The monoisotopic (exact) mass is 249 g/mol. The normalized spacial score (nSPS) is 11.7. The smallest absolute Gasteiger partial charge is 0.241 e. The minimum atomic E-state index is -0.745. The van der Waals surface area contributed by atoms with Crippen LogP contribution in [0.3, 0.4) is 0 Å². The topological polar surface area (TPSA) is 75.4 Å². The molecule has 0 aliphatic carbocycles. The second-order valence-electron chi connectivity index (χ2n) is 4.01. The summed E-state index contributed by atoms with van der Waals surface area (Å²) in [6.45, 7) is 2.46. The van der Waals surface area contributed by atoms with E-state index in [9.17, 15) is 9.59 Å². The highest BCUT2D eigenvalue weighted by molar-refractivity contribution is 5.87. The van der Waals surface area contributed by atoms with Crippen LogP contribution in [0.15, 0.2) is 30.3 Å². The van der Waals surface area contributed by atoms with Crippen molar-refractivity contribution in [2.45, 2.75) is 13.0 Å². The van der Waals surface area contributed by atoms with Crippen LogP contribution in [-0.4, -0.2) is 36.9 Å². The van der Waals surface area contributed by atoms with Gasteiger partial charge in [-0.3, -0.25) is 9.59 Å². The molecule has 2 amide bonds. The fraction of sp³-hybridized carbons (Fsp3) is 0.385. The standard InChI is InChI=1S/C13H19N3O2/c1-3-16(2)11(17)9-15-13(18)12(14)10-7-5-4-6-8-10/h4-8,12H,3,9,14H2,1-2H3,(H,15,18)/t12-/m0/s1. The summed E-state index contributed by atoms with van der Waals surface area (Å²) in [5.41, 5.74) is 6.52. The molecule has 98 valence electrons. The van der Waals surface area contributed by atoms with Crippen molar-refractivity contribution in [1.82, 2.24) is 10.2 Å². The summed E-state index contributed by atoms with van der Waals surface area (Å²) in [5.74, 6) is -0.481. The molecule has 0 aliphatic rings. The van der Waals surface area contributed by atoms with Gasteiger partial charge in [-0.2, -0.15) is 0 Å². The summed E-state index contributed by atoms with van der Waals surface area (Å²) in [7, 11) is 1.69. The SMILES string of the molecule is CCN(C)C(=O)CNC(=O)[C@@H](N)c1ccccc1. The molecule has 3 N–H and O–H groups in total. The van der Waals surface area contributed by atoms with Crippen LogP contribution in [0.1, 0.15) is 18.5 Å². The van der Waals surface area contributed by atoms with Crippen molar-refractivity contribution >= 4 is 11.8 Å². The zero-order chi connectivity index (χ0) is 13.5. The quantitative estimate of drug-likeness (QED) is 0.787. The second kappa shape index (κ2) is 6.76. The third-order valence-corrected chi connectivity index (χ3v) is 2.76. The van der Waals surface area contributed by atoms with E-state index in [4.69, 9.17) is 5.73 Å². The number of carbonyl (C=O) groups is 2. The van der Waals surface area contributed by atoms with Gasteiger partial charge in [0.15, 0.2) is 0 Å². The van der Waals surface area contributed by atoms with Crippen LogP contribution in [0.25, 0.3) is 0 Å². The summed E-state index contributed by atoms with van der Waals surface area (Å²) in [4.78, 5) is 24.8. The lowest BCUT2D eigenvalue weighted by molar-refractivity contribution is -0.132. The molecule has 0 aliphatic heterocycles. The first kappa shape index (κ1) is 14.2. The third-order valence-electron chi connectivity index (χ3n) is 2.76. The number of nitrogens with one attached hydrogen (secondary N) is 1. The number of hydrogen-bond donors (Lipinski definition) is 2. The number of carbonyl (C=O) groups excluding carboxylic acids is 2. The Morgan fingerprint density at radius 2 is 1.94 bits per heavy atom. The van der Waals surface area contributed by atoms with Crippen molar-refractivity contribution in [1.29, 1.82) is 0 Å². The molecule has 0 heterocycles. The van der Waals surface area contributed by atoms with Crippen molar-refractivity contribution in [2.75, 3.05) is 20.1 Å². The van der Waals surface area contributed by atoms with Crippen molar-refractivity contribution in [3.05, 3.63) is 35.9 Å². The molecule has 18 heavy (non-hydrogen) atoms. The molecule has 5 nitrogen and oxygen atoms in total. The molecule has 5 heteroatoms. The largest absolute Gasteiger partial charge is 0.345 e. The van der Waals surface area contributed by atoms with Gasteiger partial charge in [-0.05, 0) is 12.5 Å². The lowest BCUT2D eigenvalue weighted by Crippen LogP contribution is -2.41. The second-order valence-corrected chi connectivity index (χ2v) is 4.01. The van der Waals surface area contributed by atoms with Gasteiger partial charge in [0.05, 0.1) is 6.54 Å². The average Bonchev–Trinajstić information content (AvgIpc) is 2.43. The third kappa shape index (κ3) is 3.85. The lowest BCUT2D eigenvalue weighted by Gasteiger charge is -2.16. The molecule has 1 atom stereocenters. The van der Waals surface area contributed by atoms with Gasteiger partial charge in [-0.15, -0.1) is 0 Å². The van der Waals surface area contributed by atoms with Crippen LogP contribution >= 0.6 is 0 Å². The maximum Gasteiger partial charge on any atom is 0.241 e. The van der Waals surface area contributed by atoms with Crippen molar-refractivity contribution < 1.29 is 9.59 Å². The molecular weight excluding hydrogens is 230 g/mol. The zero-order valence-electron chi connectivity index (χ0n) is 10.7. The Morgan fingerprint density at radius 3 is 2.50 bits per heavy atom. The summed E-state index contributed by atoms with van der Waals surface area (Å²) >= 11 is 0. The molecule has 0 bridgehead atoms. The summed E-state index contributed by atoms with van der Waals surface area (Å²) < 4.78 is 0. The van der Waals surface area contributed by atoms with Crippen LogP contribution in [-0.2, 0) is 9.59 Å². The van der Waals surface area contributed by atoms with Gasteiger partial charge in [0, 0.05) is 13.6 Å². The lowest BCUT2D eigenvalue weighted by atomic mass is 10.1. The van der Waals surface area contributed by atoms with Gasteiger partial charge >= 0.3 is 0 Å². The molecule has 0 aromatic heterocycles.